The summed E-state index contributed by atoms with van der Waals surface area (Å²) < 4.78 is 0. The molecule has 2 heterocycles. The highest BCUT2D eigenvalue weighted by Gasteiger charge is 2.17. The van der Waals surface area contributed by atoms with Gasteiger partial charge in [0.1, 0.15) is 0 Å². The summed E-state index contributed by atoms with van der Waals surface area (Å²) in [6.45, 7) is 6.25. The number of piperidine rings is 1. The van der Waals surface area contributed by atoms with E-state index in [1.165, 1.54) is 12.8 Å². The molecule has 0 saturated carbocycles. The van der Waals surface area contributed by atoms with Crippen molar-refractivity contribution in [1.82, 2.24) is 15.3 Å². The first kappa shape index (κ1) is 13.9. The molecule has 0 radical (unpaired) electrons. The molecule has 1 fully saturated rings. The highest BCUT2D eigenvalue weighted by Crippen LogP contribution is 2.15. The van der Waals surface area contributed by atoms with Crippen LogP contribution in [0.4, 0.5) is 0 Å². The van der Waals surface area contributed by atoms with E-state index < -0.39 is 0 Å². The van der Waals surface area contributed by atoms with Crippen LogP contribution in [-0.4, -0.2) is 33.8 Å². The number of rotatable bonds is 2. The minimum Gasteiger partial charge on any atom is -0.348 e. The third-order valence-electron chi connectivity index (χ3n) is 3.43. The van der Waals surface area contributed by atoms with Gasteiger partial charge in [-0.3, -0.25) is 10.4 Å². The van der Waals surface area contributed by atoms with Crippen LogP contribution in [0.15, 0.2) is 29.5 Å². The Balaban J connectivity index is 1.89. The second kappa shape index (κ2) is 6.61. The maximum atomic E-state index is 5.37. The molecule has 19 heavy (non-hydrogen) atoms. The van der Waals surface area contributed by atoms with Crippen LogP contribution in [0.1, 0.15) is 32.4 Å². The minimum absolute atomic E-state index is 0.710. The molecule has 1 saturated heterocycles. The van der Waals surface area contributed by atoms with Crippen molar-refractivity contribution >= 4 is 23.0 Å². The molecule has 1 aliphatic heterocycles. The first-order valence-electron chi connectivity index (χ1n) is 6.67. The van der Waals surface area contributed by atoms with Crippen LogP contribution in [0.5, 0.6) is 0 Å². The number of hydrogen-bond acceptors (Lipinski definition) is 3. The van der Waals surface area contributed by atoms with Crippen molar-refractivity contribution in [2.75, 3.05) is 13.1 Å². The summed E-state index contributed by atoms with van der Waals surface area (Å²) >= 11 is 5.37. The van der Waals surface area contributed by atoms with E-state index in [2.05, 4.69) is 27.3 Å². The number of nitrogens with one attached hydrogen (secondary N) is 1. The topological polar surface area (TPSA) is 40.5 Å². The lowest BCUT2D eigenvalue weighted by molar-refractivity contribution is 0.278. The van der Waals surface area contributed by atoms with E-state index in [9.17, 15) is 0 Å². The number of hydrogen-bond donors (Lipinski definition) is 1. The minimum atomic E-state index is 0.710. The molecule has 0 bridgehead atoms. The number of hydrazone groups is 1. The third kappa shape index (κ3) is 3.99. The number of pyridine rings is 1. The van der Waals surface area contributed by atoms with Gasteiger partial charge in [0.15, 0.2) is 5.11 Å². The number of thiocarbonyl (C=S) groups is 1. The van der Waals surface area contributed by atoms with Crippen molar-refractivity contribution in [3.63, 3.8) is 0 Å². The molecule has 4 nitrogen and oxygen atoms in total. The van der Waals surface area contributed by atoms with Crippen LogP contribution in [-0.2, 0) is 0 Å². The van der Waals surface area contributed by atoms with E-state index in [4.69, 9.17) is 12.2 Å². The van der Waals surface area contributed by atoms with Crippen LogP contribution in [0.2, 0.25) is 0 Å². The molecule has 0 spiro atoms. The van der Waals surface area contributed by atoms with Crippen LogP contribution >= 0.6 is 12.2 Å². The van der Waals surface area contributed by atoms with Crippen LogP contribution in [0, 0.1) is 5.92 Å². The normalized spacial score (nSPS) is 17.4. The van der Waals surface area contributed by atoms with Gasteiger partial charge in [0.05, 0.1) is 11.4 Å². The van der Waals surface area contributed by atoms with E-state index in [0.717, 1.165) is 30.4 Å². The SMILES string of the molecule is C/C(=N\NC(=S)N1CCC(C)CC1)c1ccccn1. The Morgan fingerprint density at radius 1 is 1.42 bits per heavy atom. The quantitative estimate of drug-likeness (QED) is 0.511. The molecule has 1 aromatic rings. The van der Waals surface area contributed by atoms with Gasteiger partial charge in [0, 0.05) is 19.3 Å². The van der Waals surface area contributed by atoms with Crippen molar-refractivity contribution in [2.45, 2.75) is 26.7 Å². The Morgan fingerprint density at radius 3 is 2.79 bits per heavy atom. The summed E-state index contributed by atoms with van der Waals surface area (Å²) in [6.07, 6.45) is 4.16. The van der Waals surface area contributed by atoms with E-state index >= 15 is 0 Å². The van der Waals surface area contributed by atoms with E-state index in [1.54, 1.807) is 6.20 Å². The Hall–Kier alpha value is -1.49. The van der Waals surface area contributed by atoms with Gasteiger partial charge >= 0.3 is 0 Å². The lowest BCUT2D eigenvalue weighted by Gasteiger charge is -2.31. The smallest absolute Gasteiger partial charge is 0.189 e. The zero-order chi connectivity index (χ0) is 13.7. The summed E-state index contributed by atoms with van der Waals surface area (Å²) in [5, 5.41) is 5.02. The van der Waals surface area contributed by atoms with Crippen molar-refractivity contribution < 1.29 is 0 Å². The largest absolute Gasteiger partial charge is 0.348 e. The maximum absolute atomic E-state index is 5.37. The Bertz CT molecular complexity index is 450. The molecule has 1 aromatic heterocycles. The van der Waals surface area contributed by atoms with Crippen LogP contribution in [0.3, 0.4) is 0 Å². The first-order chi connectivity index (χ1) is 9.16. The number of nitrogens with zero attached hydrogens (tertiary/aromatic N) is 3. The molecule has 0 aromatic carbocycles. The summed E-state index contributed by atoms with van der Waals surface area (Å²) in [6, 6.07) is 5.78. The highest BCUT2D eigenvalue weighted by atomic mass is 32.1. The van der Waals surface area contributed by atoms with Crippen molar-refractivity contribution in [3.05, 3.63) is 30.1 Å². The lowest BCUT2D eigenvalue weighted by Crippen LogP contribution is -2.42. The number of likely N-dealkylation sites (tertiary alicyclic amines) is 1. The van der Waals surface area contributed by atoms with E-state index in [-0.39, 0.29) is 0 Å². The maximum Gasteiger partial charge on any atom is 0.189 e. The third-order valence-corrected chi connectivity index (χ3v) is 3.78. The monoisotopic (exact) mass is 276 g/mol. The zero-order valence-electron chi connectivity index (χ0n) is 11.5. The van der Waals surface area contributed by atoms with Gasteiger partial charge in [0.2, 0.25) is 0 Å². The Kier molecular flexibility index (Phi) is 4.85. The second-order valence-electron chi connectivity index (χ2n) is 5.00. The van der Waals surface area contributed by atoms with Crippen molar-refractivity contribution in [1.29, 1.82) is 0 Å². The van der Waals surface area contributed by atoms with Crippen LogP contribution in [0.25, 0.3) is 0 Å². The average molecular weight is 276 g/mol. The van der Waals surface area contributed by atoms with Gasteiger partial charge in [-0.15, -0.1) is 0 Å². The molecule has 1 N–H and O–H groups in total. The van der Waals surface area contributed by atoms with Crippen LogP contribution < -0.4 is 5.43 Å². The van der Waals surface area contributed by atoms with Gasteiger partial charge in [-0.05, 0) is 50.0 Å². The van der Waals surface area contributed by atoms with Crippen molar-refractivity contribution in [2.24, 2.45) is 11.0 Å². The molecule has 102 valence electrons. The van der Waals surface area contributed by atoms with Gasteiger partial charge in [0.25, 0.3) is 0 Å². The van der Waals surface area contributed by atoms with Crippen molar-refractivity contribution in [3.8, 4) is 0 Å². The Morgan fingerprint density at radius 2 is 2.16 bits per heavy atom. The standard InChI is InChI=1S/C14H20N4S/c1-11-6-9-18(10-7-11)14(19)17-16-12(2)13-5-3-4-8-15-13/h3-5,8,11H,6-7,9-10H2,1-2H3,(H,17,19)/b16-12+. The molecule has 2 rings (SSSR count). The molecular formula is C14H20N4S. The molecule has 1 aliphatic rings. The molecule has 0 atom stereocenters. The van der Waals surface area contributed by atoms with E-state index in [1.807, 2.05) is 25.1 Å². The molecular weight excluding hydrogens is 256 g/mol. The molecule has 5 heteroatoms. The fraction of sp³-hybridized carbons (Fsp3) is 0.500. The summed E-state index contributed by atoms with van der Waals surface area (Å²) in [7, 11) is 0. The summed E-state index contributed by atoms with van der Waals surface area (Å²) in [5.74, 6) is 0.804. The molecule has 0 aliphatic carbocycles. The second-order valence-corrected chi connectivity index (χ2v) is 5.39. The summed E-state index contributed by atoms with van der Waals surface area (Å²) in [4.78, 5) is 6.44. The van der Waals surface area contributed by atoms with Gasteiger partial charge in [-0.25, -0.2) is 0 Å². The predicted octanol–water partition coefficient (Wildman–Crippen LogP) is 2.41. The Labute approximate surface area is 119 Å². The average Bonchev–Trinajstić information content (AvgIpc) is 2.46. The van der Waals surface area contributed by atoms with Gasteiger partial charge < -0.3 is 4.90 Å². The van der Waals surface area contributed by atoms with Gasteiger partial charge in [-0.2, -0.15) is 5.10 Å². The van der Waals surface area contributed by atoms with E-state index in [0.29, 0.717) is 5.11 Å². The summed E-state index contributed by atoms with van der Waals surface area (Å²) in [5.41, 5.74) is 4.68. The predicted molar refractivity (Wildman–Crippen MR) is 82.2 cm³/mol. The lowest BCUT2D eigenvalue weighted by atomic mass is 10.00. The first-order valence-corrected chi connectivity index (χ1v) is 7.08. The fourth-order valence-electron chi connectivity index (χ4n) is 2.05. The fourth-order valence-corrected chi connectivity index (χ4v) is 2.28. The molecule has 0 unspecified atom stereocenters. The highest BCUT2D eigenvalue weighted by molar-refractivity contribution is 7.80. The zero-order valence-corrected chi connectivity index (χ0v) is 12.3. The number of aromatic nitrogens is 1. The van der Waals surface area contributed by atoms with Gasteiger partial charge in [-0.1, -0.05) is 13.0 Å². The molecule has 0 amide bonds.